The second-order valence-corrected chi connectivity index (χ2v) is 5.14. The molecule has 5 heteroatoms. The molecule has 0 saturated heterocycles. The summed E-state index contributed by atoms with van der Waals surface area (Å²) in [4.78, 5) is 11.7. The van der Waals surface area contributed by atoms with Crippen LogP contribution in [-0.2, 0) is 0 Å². The number of benzene rings is 1. The molecule has 19 heavy (non-hydrogen) atoms. The molecule has 0 bridgehead atoms. The van der Waals surface area contributed by atoms with Crippen LogP contribution in [0.2, 0.25) is 0 Å². The first-order valence-corrected chi connectivity index (χ1v) is 6.69. The summed E-state index contributed by atoms with van der Waals surface area (Å²) in [5.41, 5.74) is 6.36. The van der Waals surface area contributed by atoms with Gasteiger partial charge in [0.25, 0.3) is 0 Å². The van der Waals surface area contributed by atoms with Crippen molar-refractivity contribution in [2.45, 2.75) is 31.7 Å². The summed E-state index contributed by atoms with van der Waals surface area (Å²) < 4.78 is 13.0. The molecule has 104 valence electrons. The minimum atomic E-state index is -0.365. The number of nitrogens with two attached hydrogens (primary N) is 1. The molecule has 2 rings (SSSR count). The van der Waals surface area contributed by atoms with Gasteiger partial charge in [0.1, 0.15) is 5.82 Å². The van der Waals surface area contributed by atoms with Gasteiger partial charge in [-0.25, -0.2) is 9.18 Å². The Bertz CT molecular complexity index is 438. The van der Waals surface area contributed by atoms with E-state index in [4.69, 9.17) is 5.73 Å². The molecule has 1 aromatic rings. The lowest BCUT2D eigenvalue weighted by Crippen LogP contribution is -2.37. The van der Waals surface area contributed by atoms with Gasteiger partial charge in [-0.05, 0) is 43.4 Å². The molecule has 0 heterocycles. The highest BCUT2D eigenvalue weighted by Gasteiger charge is 2.19. The number of amides is 2. The Morgan fingerprint density at radius 1 is 1.42 bits per heavy atom. The molecule has 0 spiro atoms. The van der Waals surface area contributed by atoms with Crippen LogP contribution in [0.15, 0.2) is 24.3 Å². The van der Waals surface area contributed by atoms with Crippen molar-refractivity contribution < 1.29 is 9.18 Å². The van der Waals surface area contributed by atoms with Gasteiger partial charge in [-0.2, -0.15) is 0 Å². The molecule has 1 saturated carbocycles. The minimum absolute atomic E-state index is 0.256. The molecule has 2 atom stereocenters. The van der Waals surface area contributed by atoms with Gasteiger partial charge in [0.15, 0.2) is 0 Å². The third-order valence-electron chi connectivity index (χ3n) is 3.46. The van der Waals surface area contributed by atoms with Crippen molar-refractivity contribution in [2.75, 3.05) is 11.9 Å². The second kappa shape index (κ2) is 6.52. The van der Waals surface area contributed by atoms with Crippen LogP contribution in [0.3, 0.4) is 0 Å². The Morgan fingerprint density at radius 2 is 2.26 bits per heavy atom. The average Bonchev–Trinajstić information content (AvgIpc) is 2.36. The summed E-state index contributed by atoms with van der Waals surface area (Å²) in [6.07, 6.45) is 4.26. The number of anilines is 1. The number of hydrogen-bond acceptors (Lipinski definition) is 2. The lowest BCUT2D eigenvalue weighted by Gasteiger charge is -2.26. The van der Waals surface area contributed by atoms with Crippen molar-refractivity contribution in [2.24, 2.45) is 11.7 Å². The van der Waals surface area contributed by atoms with Crippen LogP contribution in [-0.4, -0.2) is 18.6 Å². The van der Waals surface area contributed by atoms with Gasteiger partial charge in [-0.15, -0.1) is 0 Å². The van der Waals surface area contributed by atoms with E-state index >= 15 is 0 Å². The number of rotatable bonds is 3. The zero-order valence-electron chi connectivity index (χ0n) is 10.9. The van der Waals surface area contributed by atoms with Gasteiger partial charge in [0, 0.05) is 18.3 Å². The molecule has 2 amide bonds. The summed E-state index contributed by atoms with van der Waals surface area (Å²) in [7, 11) is 0. The first-order chi connectivity index (χ1) is 9.13. The van der Waals surface area contributed by atoms with Crippen molar-refractivity contribution in [3.05, 3.63) is 30.1 Å². The van der Waals surface area contributed by atoms with E-state index in [-0.39, 0.29) is 17.9 Å². The molecule has 1 aliphatic rings. The number of halogens is 1. The maximum atomic E-state index is 13.0. The van der Waals surface area contributed by atoms with E-state index in [1.54, 1.807) is 12.1 Å². The summed E-state index contributed by atoms with van der Waals surface area (Å²) in [5.74, 6) is 0.0815. The van der Waals surface area contributed by atoms with E-state index < -0.39 is 0 Å². The molecule has 1 fully saturated rings. The zero-order valence-corrected chi connectivity index (χ0v) is 10.9. The van der Waals surface area contributed by atoms with E-state index in [0.29, 0.717) is 18.2 Å². The number of hydrogen-bond donors (Lipinski definition) is 3. The lowest BCUT2D eigenvalue weighted by atomic mass is 9.86. The third-order valence-corrected chi connectivity index (χ3v) is 3.46. The largest absolute Gasteiger partial charge is 0.338 e. The Kier molecular flexibility index (Phi) is 4.74. The van der Waals surface area contributed by atoms with Gasteiger partial charge in [0.2, 0.25) is 0 Å². The summed E-state index contributed by atoms with van der Waals surface area (Å²) >= 11 is 0. The van der Waals surface area contributed by atoms with Crippen LogP contribution in [0.25, 0.3) is 0 Å². The fourth-order valence-corrected chi connectivity index (χ4v) is 2.50. The molecule has 2 unspecified atom stereocenters. The van der Waals surface area contributed by atoms with Crippen LogP contribution in [0.5, 0.6) is 0 Å². The van der Waals surface area contributed by atoms with E-state index in [9.17, 15) is 9.18 Å². The normalized spacial score (nSPS) is 22.8. The van der Waals surface area contributed by atoms with Gasteiger partial charge in [0.05, 0.1) is 0 Å². The zero-order chi connectivity index (χ0) is 13.7. The topological polar surface area (TPSA) is 67.1 Å². The summed E-state index contributed by atoms with van der Waals surface area (Å²) in [6, 6.07) is 5.80. The lowest BCUT2D eigenvalue weighted by molar-refractivity contribution is 0.245. The highest BCUT2D eigenvalue weighted by atomic mass is 19.1. The van der Waals surface area contributed by atoms with Gasteiger partial charge < -0.3 is 16.4 Å². The third kappa shape index (κ3) is 4.52. The molecule has 4 N–H and O–H groups in total. The second-order valence-electron chi connectivity index (χ2n) is 5.14. The maximum Gasteiger partial charge on any atom is 0.319 e. The van der Waals surface area contributed by atoms with E-state index in [1.165, 1.54) is 12.1 Å². The van der Waals surface area contributed by atoms with Gasteiger partial charge >= 0.3 is 6.03 Å². The Morgan fingerprint density at radius 3 is 3.00 bits per heavy atom. The molecule has 1 aliphatic carbocycles. The highest BCUT2D eigenvalue weighted by molar-refractivity contribution is 5.89. The average molecular weight is 265 g/mol. The van der Waals surface area contributed by atoms with Crippen LogP contribution < -0.4 is 16.4 Å². The van der Waals surface area contributed by atoms with Crippen molar-refractivity contribution in [3.63, 3.8) is 0 Å². The maximum absolute atomic E-state index is 13.0. The molecular weight excluding hydrogens is 245 g/mol. The first-order valence-electron chi connectivity index (χ1n) is 6.69. The summed E-state index contributed by atoms with van der Waals surface area (Å²) in [5, 5.41) is 5.43. The molecule has 0 aromatic heterocycles. The standard InChI is InChI=1S/C14H20FN3O/c15-11-4-2-6-13(8-11)18-14(19)17-9-10-3-1-5-12(16)7-10/h2,4,6,8,10,12H,1,3,5,7,9,16H2,(H2,17,18,19). The Balaban J connectivity index is 1.75. The van der Waals surface area contributed by atoms with Crippen molar-refractivity contribution >= 4 is 11.7 Å². The monoisotopic (exact) mass is 265 g/mol. The quantitative estimate of drug-likeness (QED) is 0.786. The fourth-order valence-electron chi connectivity index (χ4n) is 2.50. The van der Waals surface area contributed by atoms with Gasteiger partial charge in [-0.3, -0.25) is 0 Å². The molecular formula is C14H20FN3O. The van der Waals surface area contributed by atoms with Crippen LogP contribution >= 0.6 is 0 Å². The molecule has 1 aromatic carbocycles. The molecule has 0 aliphatic heterocycles. The minimum Gasteiger partial charge on any atom is -0.338 e. The van der Waals surface area contributed by atoms with E-state index in [1.807, 2.05) is 0 Å². The predicted octanol–water partition coefficient (Wildman–Crippen LogP) is 2.46. The molecule has 0 radical (unpaired) electrons. The van der Waals surface area contributed by atoms with Gasteiger partial charge in [-0.1, -0.05) is 12.5 Å². The van der Waals surface area contributed by atoms with Crippen molar-refractivity contribution in [1.82, 2.24) is 5.32 Å². The molecule has 4 nitrogen and oxygen atoms in total. The van der Waals surface area contributed by atoms with Crippen molar-refractivity contribution in [3.8, 4) is 0 Å². The predicted molar refractivity (Wildman–Crippen MR) is 73.4 cm³/mol. The highest BCUT2D eigenvalue weighted by Crippen LogP contribution is 2.22. The van der Waals surface area contributed by atoms with E-state index in [0.717, 1.165) is 25.7 Å². The number of nitrogens with one attached hydrogen (secondary N) is 2. The number of carbonyl (C=O) groups excluding carboxylic acids is 1. The number of carbonyl (C=O) groups is 1. The fraction of sp³-hybridized carbons (Fsp3) is 0.500. The smallest absolute Gasteiger partial charge is 0.319 e. The summed E-state index contributed by atoms with van der Waals surface area (Å²) in [6.45, 7) is 0.620. The van der Waals surface area contributed by atoms with Crippen LogP contribution in [0.1, 0.15) is 25.7 Å². The van der Waals surface area contributed by atoms with E-state index in [2.05, 4.69) is 10.6 Å². The number of urea groups is 1. The Labute approximate surface area is 112 Å². The van der Waals surface area contributed by atoms with Crippen molar-refractivity contribution in [1.29, 1.82) is 0 Å². The van der Waals surface area contributed by atoms with Crippen LogP contribution in [0, 0.1) is 11.7 Å². The van der Waals surface area contributed by atoms with Crippen LogP contribution in [0.4, 0.5) is 14.9 Å². The first kappa shape index (κ1) is 13.8. The Hall–Kier alpha value is -1.62. The SMILES string of the molecule is NC1CCCC(CNC(=O)Nc2cccc(F)c2)C1.